The van der Waals surface area contributed by atoms with Crippen LogP contribution >= 0.6 is 0 Å². The van der Waals surface area contributed by atoms with E-state index in [9.17, 15) is 4.79 Å². The van der Waals surface area contributed by atoms with Crippen molar-refractivity contribution < 1.29 is 40.9 Å². The first kappa shape index (κ1) is 21.8. The third-order valence-corrected chi connectivity index (χ3v) is 3.57. The molecule has 0 fully saturated rings. The second-order valence-electron chi connectivity index (χ2n) is 5.67. The van der Waals surface area contributed by atoms with Crippen molar-refractivity contribution in [1.82, 2.24) is 0 Å². The maximum atomic E-state index is 10.5. The van der Waals surface area contributed by atoms with E-state index in [0.717, 1.165) is 6.42 Å². The molecule has 0 aromatic rings. The number of carbonyl (C=O) groups is 1. The minimum Gasteiger partial charge on any atom is -1.00 e. The van der Waals surface area contributed by atoms with Gasteiger partial charge in [0.15, 0.2) is 0 Å². The largest absolute Gasteiger partial charge is 1.00 e. The van der Waals surface area contributed by atoms with Gasteiger partial charge < -0.3 is 6.53 Å². The molecular formula is C16H33NaO2. The normalized spacial score (nSPS) is 11.9. The van der Waals surface area contributed by atoms with Gasteiger partial charge in [-0.15, -0.1) is 0 Å². The van der Waals surface area contributed by atoms with Gasteiger partial charge in [0, 0.05) is 6.42 Å². The van der Waals surface area contributed by atoms with Crippen LogP contribution < -0.4 is 29.6 Å². The van der Waals surface area contributed by atoms with Gasteiger partial charge in [0.25, 0.3) is 0 Å². The first-order chi connectivity index (χ1) is 8.66. The fourth-order valence-corrected chi connectivity index (χ4v) is 2.38. The molecule has 110 valence electrons. The summed E-state index contributed by atoms with van der Waals surface area (Å²) in [6, 6.07) is 0. The van der Waals surface area contributed by atoms with Crippen molar-refractivity contribution in [2.24, 2.45) is 5.92 Å². The number of hydrogen-bond acceptors (Lipinski definition) is 1. The summed E-state index contributed by atoms with van der Waals surface area (Å²) in [4.78, 5) is 10.5. The van der Waals surface area contributed by atoms with Crippen LogP contribution in [0.1, 0.15) is 92.3 Å². The molecule has 19 heavy (non-hydrogen) atoms. The second-order valence-corrected chi connectivity index (χ2v) is 5.67. The van der Waals surface area contributed by atoms with E-state index in [1.54, 1.807) is 0 Å². The smallest absolute Gasteiger partial charge is 1.00 e. The first-order valence-corrected chi connectivity index (χ1v) is 7.88. The summed E-state index contributed by atoms with van der Waals surface area (Å²) in [6.07, 6.45) is 14.9. The van der Waals surface area contributed by atoms with Gasteiger partial charge >= 0.3 is 35.5 Å². The van der Waals surface area contributed by atoms with E-state index in [4.69, 9.17) is 5.11 Å². The molecule has 0 saturated heterocycles. The third kappa shape index (κ3) is 18.5. The fourth-order valence-electron chi connectivity index (χ4n) is 2.38. The molecule has 1 N–H and O–H groups in total. The Bertz CT molecular complexity index is 201. The van der Waals surface area contributed by atoms with Crippen LogP contribution in [0.3, 0.4) is 0 Å². The van der Waals surface area contributed by atoms with Crippen LogP contribution in [0.4, 0.5) is 0 Å². The molecule has 0 radical (unpaired) electrons. The molecule has 0 aromatic heterocycles. The van der Waals surface area contributed by atoms with Crippen molar-refractivity contribution in [3.05, 3.63) is 0 Å². The zero-order valence-corrected chi connectivity index (χ0v) is 15.4. The average Bonchev–Trinajstić information content (AvgIpc) is 2.30. The number of carboxylic acids is 1. The molecule has 0 rings (SSSR count). The monoisotopic (exact) mass is 280 g/mol. The maximum absolute atomic E-state index is 10.5. The number of rotatable bonds is 13. The van der Waals surface area contributed by atoms with Gasteiger partial charge in [-0.1, -0.05) is 84.5 Å². The predicted molar refractivity (Wildman–Crippen MR) is 79.0 cm³/mol. The standard InChI is InChI=1S/C16H32O2.Na.H/c1-3-4-5-6-7-8-9-10-11-12-13-15(2)14-16(17)18;;/h15H,3-14H2,1-2H3,(H,17,18);;/q;+1;-1. The van der Waals surface area contributed by atoms with Crippen LogP contribution in [-0.4, -0.2) is 11.1 Å². The van der Waals surface area contributed by atoms with E-state index in [-0.39, 0.29) is 31.0 Å². The number of aliphatic carboxylic acids is 1. The molecule has 1 atom stereocenters. The Morgan fingerprint density at radius 2 is 1.37 bits per heavy atom. The quantitative estimate of drug-likeness (QED) is 0.416. The van der Waals surface area contributed by atoms with Crippen molar-refractivity contribution in [3.8, 4) is 0 Å². The minimum absolute atomic E-state index is 0. The van der Waals surface area contributed by atoms with E-state index in [2.05, 4.69) is 6.92 Å². The van der Waals surface area contributed by atoms with Gasteiger partial charge in [0.05, 0.1) is 0 Å². The Morgan fingerprint density at radius 1 is 0.947 bits per heavy atom. The van der Waals surface area contributed by atoms with Gasteiger partial charge in [0.1, 0.15) is 0 Å². The van der Waals surface area contributed by atoms with Gasteiger partial charge in [-0.05, 0) is 5.92 Å². The maximum Gasteiger partial charge on any atom is 1.00 e. The molecule has 0 aliphatic carbocycles. The number of hydrogen-bond donors (Lipinski definition) is 1. The molecule has 0 bridgehead atoms. The zero-order chi connectivity index (χ0) is 13.6. The Hall–Kier alpha value is 0.470. The molecular weight excluding hydrogens is 247 g/mol. The van der Waals surface area contributed by atoms with Crippen LogP contribution in [0.5, 0.6) is 0 Å². The summed E-state index contributed by atoms with van der Waals surface area (Å²) >= 11 is 0. The summed E-state index contributed by atoms with van der Waals surface area (Å²) < 4.78 is 0. The predicted octanol–water partition coefficient (Wildman–Crippen LogP) is 2.52. The average molecular weight is 280 g/mol. The SMILES string of the molecule is CCCCCCCCCCCCC(C)CC(=O)O.[H-].[Na+]. The minimum atomic E-state index is -0.658. The van der Waals surface area contributed by atoms with Gasteiger partial charge in [-0.2, -0.15) is 0 Å². The summed E-state index contributed by atoms with van der Waals surface area (Å²) in [6.45, 7) is 4.30. The van der Waals surface area contributed by atoms with E-state index in [1.165, 1.54) is 64.2 Å². The van der Waals surface area contributed by atoms with Crippen LogP contribution in [0, 0.1) is 5.92 Å². The van der Waals surface area contributed by atoms with Crippen molar-refractivity contribution in [2.75, 3.05) is 0 Å². The molecule has 0 aliphatic heterocycles. The second kappa shape index (κ2) is 16.5. The molecule has 2 nitrogen and oxygen atoms in total. The van der Waals surface area contributed by atoms with Crippen LogP contribution in [0.2, 0.25) is 0 Å². The molecule has 0 aliphatic rings. The summed E-state index contributed by atoms with van der Waals surface area (Å²) in [7, 11) is 0. The topological polar surface area (TPSA) is 37.3 Å². The van der Waals surface area contributed by atoms with Crippen molar-refractivity contribution in [3.63, 3.8) is 0 Å². The molecule has 0 heterocycles. The van der Waals surface area contributed by atoms with Crippen LogP contribution in [-0.2, 0) is 4.79 Å². The zero-order valence-electron chi connectivity index (χ0n) is 14.4. The number of unbranched alkanes of at least 4 members (excludes halogenated alkanes) is 9. The molecule has 3 heteroatoms. The van der Waals surface area contributed by atoms with Crippen molar-refractivity contribution >= 4 is 5.97 Å². The van der Waals surface area contributed by atoms with E-state index in [1.807, 2.05) is 6.92 Å². The molecule has 0 amide bonds. The van der Waals surface area contributed by atoms with Crippen molar-refractivity contribution in [1.29, 1.82) is 0 Å². The summed E-state index contributed by atoms with van der Waals surface area (Å²) in [5.74, 6) is -0.314. The third-order valence-electron chi connectivity index (χ3n) is 3.57. The Balaban J connectivity index is -0.00000144. The van der Waals surface area contributed by atoms with Gasteiger partial charge in [0.2, 0.25) is 0 Å². The fraction of sp³-hybridized carbons (Fsp3) is 0.938. The molecule has 0 saturated carbocycles. The molecule has 0 aromatic carbocycles. The Labute approximate surface area is 143 Å². The van der Waals surface area contributed by atoms with Gasteiger partial charge in [-0.3, -0.25) is 4.79 Å². The van der Waals surface area contributed by atoms with E-state index < -0.39 is 5.97 Å². The molecule has 0 spiro atoms. The summed E-state index contributed by atoms with van der Waals surface area (Å²) in [5, 5.41) is 8.65. The van der Waals surface area contributed by atoms with E-state index >= 15 is 0 Å². The first-order valence-electron chi connectivity index (χ1n) is 7.88. The summed E-state index contributed by atoms with van der Waals surface area (Å²) in [5.41, 5.74) is 0. The van der Waals surface area contributed by atoms with E-state index in [0.29, 0.717) is 12.3 Å². The number of carboxylic acid groups (broad SMARTS) is 1. The van der Waals surface area contributed by atoms with Gasteiger partial charge in [-0.25, -0.2) is 0 Å². The Morgan fingerprint density at radius 3 is 1.79 bits per heavy atom. The molecule has 1 unspecified atom stereocenters. The van der Waals surface area contributed by atoms with Crippen LogP contribution in [0.15, 0.2) is 0 Å². The van der Waals surface area contributed by atoms with Crippen LogP contribution in [0.25, 0.3) is 0 Å². The van der Waals surface area contributed by atoms with Crippen molar-refractivity contribution in [2.45, 2.75) is 90.9 Å². The Kier molecular flexibility index (Phi) is 18.9.